The fourth-order valence-corrected chi connectivity index (χ4v) is 3.84. The summed E-state index contributed by atoms with van der Waals surface area (Å²) in [4.78, 5) is 20.2. The minimum atomic E-state index is -0.160. The molecule has 2 aromatic carbocycles. The first-order valence-electron chi connectivity index (χ1n) is 10.8. The van der Waals surface area contributed by atoms with Crippen LogP contribution in [0.15, 0.2) is 81.8 Å². The molecule has 0 spiro atoms. The molecule has 0 radical (unpaired) electrons. The van der Waals surface area contributed by atoms with E-state index in [9.17, 15) is 4.79 Å². The number of para-hydroxylation sites is 1. The van der Waals surface area contributed by atoms with E-state index in [1.807, 2.05) is 56.3 Å². The number of aromatic nitrogens is 3. The Morgan fingerprint density at radius 3 is 2.56 bits per heavy atom. The number of rotatable bonds is 6. The summed E-state index contributed by atoms with van der Waals surface area (Å²) in [5.74, 6) is 1.15. The Morgan fingerprint density at radius 2 is 1.82 bits per heavy atom. The van der Waals surface area contributed by atoms with Crippen LogP contribution in [0.4, 0.5) is 0 Å². The zero-order valence-corrected chi connectivity index (χ0v) is 19.4. The van der Waals surface area contributed by atoms with Gasteiger partial charge in [0.05, 0.1) is 23.9 Å². The highest BCUT2D eigenvalue weighted by atomic mass is 35.5. The van der Waals surface area contributed by atoms with Crippen LogP contribution in [-0.4, -0.2) is 32.0 Å². The molecule has 5 rings (SSSR count). The Balaban J connectivity index is 1.49. The van der Waals surface area contributed by atoms with Crippen LogP contribution in [0.3, 0.4) is 0 Å². The van der Waals surface area contributed by atoms with Crippen molar-refractivity contribution in [3.63, 3.8) is 0 Å². The Hall–Kier alpha value is -3.97. The van der Waals surface area contributed by atoms with Gasteiger partial charge in [0.2, 0.25) is 11.8 Å². The van der Waals surface area contributed by atoms with E-state index in [1.54, 1.807) is 35.4 Å². The van der Waals surface area contributed by atoms with E-state index in [-0.39, 0.29) is 18.5 Å². The van der Waals surface area contributed by atoms with E-state index < -0.39 is 0 Å². The summed E-state index contributed by atoms with van der Waals surface area (Å²) >= 11 is 5.97. The van der Waals surface area contributed by atoms with E-state index in [0.717, 1.165) is 10.9 Å². The molecule has 0 N–H and O–H groups in total. The first-order chi connectivity index (χ1) is 16.5. The monoisotopic (exact) mass is 472 g/mol. The zero-order chi connectivity index (χ0) is 23.7. The fourth-order valence-electron chi connectivity index (χ4n) is 3.72. The quantitative estimate of drug-likeness (QED) is 0.290. The SMILES string of the molecule is CC(C)N(Cc1nnc(-c2ccc(Cl)cc2)o1)C(=O)c1cc(-c2ccco2)nc2ccccc12. The molecule has 0 fully saturated rings. The predicted octanol–water partition coefficient (Wildman–Crippen LogP) is 6.25. The van der Waals surface area contributed by atoms with Crippen molar-refractivity contribution in [2.24, 2.45) is 0 Å². The van der Waals surface area contributed by atoms with Crippen molar-refractivity contribution in [2.45, 2.75) is 26.4 Å². The van der Waals surface area contributed by atoms with Crippen molar-refractivity contribution in [1.82, 2.24) is 20.1 Å². The van der Waals surface area contributed by atoms with Gasteiger partial charge in [-0.25, -0.2) is 4.98 Å². The number of furan rings is 1. The van der Waals surface area contributed by atoms with Gasteiger partial charge in [-0.2, -0.15) is 0 Å². The number of amides is 1. The van der Waals surface area contributed by atoms with Crippen LogP contribution in [0.2, 0.25) is 5.02 Å². The number of carbonyl (C=O) groups excluding carboxylic acids is 1. The van der Waals surface area contributed by atoms with Crippen LogP contribution in [0.5, 0.6) is 0 Å². The molecule has 34 heavy (non-hydrogen) atoms. The highest BCUT2D eigenvalue weighted by molar-refractivity contribution is 6.30. The molecule has 8 heteroatoms. The van der Waals surface area contributed by atoms with Crippen LogP contribution in [0, 0.1) is 0 Å². The maximum atomic E-state index is 13.8. The van der Waals surface area contributed by atoms with Crippen molar-refractivity contribution < 1.29 is 13.6 Å². The lowest BCUT2D eigenvalue weighted by Crippen LogP contribution is -2.36. The van der Waals surface area contributed by atoms with Gasteiger partial charge in [0, 0.05) is 22.0 Å². The van der Waals surface area contributed by atoms with Gasteiger partial charge in [0.1, 0.15) is 5.69 Å². The van der Waals surface area contributed by atoms with Gasteiger partial charge in [0.25, 0.3) is 5.91 Å². The van der Waals surface area contributed by atoms with Gasteiger partial charge < -0.3 is 13.7 Å². The molecule has 1 amide bonds. The maximum absolute atomic E-state index is 13.8. The average Bonchev–Trinajstić information content (AvgIpc) is 3.54. The van der Waals surface area contributed by atoms with Crippen LogP contribution in [-0.2, 0) is 6.54 Å². The molecule has 5 aromatic rings. The van der Waals surface area contributed by atoms with Crippen LogP contribution < -0.4 is 0 Å². The topological polar surface area (TPSA) is 85.3 Å². The number of nitrogens with zero attached hydrogens (tertiary/aromatic N) is 4. The Kier molecular flexibility index (Phi) is 5.86. The second kappa shape index (κ2) is 9.11. The molecule has 0 aliphatic carbocycles. The second-order valence-corrected chi connectivity index (χ2v) is 8.52. The number of benzene rings is 2. The standard InChI is InChI=1S/C26H21ClN4O3/c1-16(2)31(15-24-29-30-25(34-24)17-9-11-18(27)12-10-17)26(32)20-14-22(23-8-5-13-33-23)28-21-7-4-3-6-19(20)21/h3-14,16H,15H2,1-2H3. The Bertz CT molecular complexity index is 1440. The molecule has 3 heterocycles. The Labute approximate surface area is 201 Å². The molecule has 0 saturated carbocycles. The summed E-state index contributed by atoms with van der Waals surface area (Å²) in [6.45, 7) is 4.07. The molecular formula is C26H21ClN4O3. The second-order valence-electron chi connectivity index (χ2n) is 8.08. The molecule has 0 aliphatic rings. The molecule has 170 valence electrons. The lowest BCUT2D eigenvalue weighted by Gasteiger charge is -2.26. The smallest absolute Gasteiger partial charge is 0.255 e. The van der Waals surface area contributed by atoms with Crippen molar-refractivity contribution >= 4 is 28.4 Å². The largest absolute Gasteiger partial charge is 0.463 e. The van der Waals surface area contributed by atoms with Gasteiger partial charge in [0.15, 0.2) is 5.76 Å². The molecule has 0 saturated heterocycles. The molecule has 0 unspecified atom stereocenters. The van der Waals surface area contributed by atoms with E-state index in [0.29, 0.717) is 39.3 Å². The highest BCUT2D eigenvalue weighted by Crippen LogP contribution is 2.27. The summed E-state index contributed by atoms with van der Waals surface area (Å²) in [6.07, 6.45) is 1.59. The zero-order valence-electron chi connectivity index (χ0n) is 18.6. The number of fused-ring (bicyclic) bond motifs is 1. The number of pyridine rings is 1. The predicted molar refractivity (Wildman–Crippen MR) is 129 cm³/mol. The van der Waals surface area contributed by atoms with Crippen LogP contribution >= 0.6 is 11.6 Å². The molecule has 0 bridgehead atoms. The van der Waals surface area contributed by atoms with Crippen molar-refractivity contribution in [2.75, 3.05) is 0 Å². The van der Waals surface area contributed by atoms with Gasteiger partial charge in [-0.1, -0.05) is 29.8 Å². The minimum Gasteiger partial charge on any atom is -0.463 e. The molecule has 7 nitrogen and oxygen atoms in total. The first-order valence-corrected chi connectivity index (χ1v) is 11.2. The summed E-state index contributed by atoms with van der Waals surface area (Å²) < 4.78 is 11.4. The van der Waals surface area contributed by atoms with E-state index >= 15 is 0 Å². The maximum Gasteiger partial charge on any atom is 0.255 e. The first kappa shape index (κ1) is 21.9. The fraction of sp³-hybridized carbons (Fsp3) is 0.154. The third-order valence-corrected chi connectivity index (χ3v) is 5.72. The van der Waals surface area contributed by atoms with E-state index in [4.69, 9.17) is 20.4 Å². The van der Waals surface area contributed by atoms with Gasteiger partial charge in [-0.3, -0.25) is 4.79 Å². The number of hydrogen-bond acceptors (Lipinski definition) is 6. The van der Waals surface area contributed by atoms with Gasteiger partial charge in [-0.05, 0) is 62.4 Å². The number of hydrogen-bond donors (Lipinski definition) is 0. The van der Waals surface area contributed by atoms with Crippen LogP contribution in [0.1, 0.15) is 30.1 Å². The lowest BCUT2D eigenvalue weighted by molar-refractivity contribution is 0.0674. The van der Waals surface area contributed by atoms with Crippen LogP contribution in [0.25, 0.3) is 33.8 Å². The normalized spacial score (nSPS) is 11.3. The summed E-state index contributed by atoms with van der Waals surface area (Å²) in [6, 6.07) is 20.0. The molecule has 3 aromatic heterocycles. The van der Waals surface area contributed by atoms with Gasteiger partial charge >= 0.3 is 0 Å². The van der Waals surface area contributed by atoms with E-state index in [2.05, 4.69) is 15.2 Å². The van der Waals surface area contributed by atoms with Gasteiger partial charge in [-0.15, -0.1) is 10.2 Å². The number of halogens is 1. The lowest BCUT2D eigenvalue weighted by atomic mass is 10.0. The molecular weight excluding hydrogens is 452 g/mol. The third-order valence-electron chi connectivity index (χ3n) is 5.47. The molecule has 0 atom stereocenters. The summed E-state index contributed by atoms with van der Waals surface area (Å²) in [5.41, 5.74) is 2.60. The third kappa shape index (κ3) is 4.30. The summed E-state index contributed by atoms with van der Waals surface area (Å²) in [7, 11) is 0. The van der Waals surface area contributed by atoms with E-state index in [1.165, 1.54) is 0 Å². The van der Waals surface area contributed by atoms with Crippen molar-refractivity contribution in [1.29, 1.82) is 0 Å². The highest BCUT2D eigenvalue weighted by Gasteiger charge is 2.25. The van der Waals surface area contributed by atoms with Crippen molar-refractivity contribution in [3.05, 3.63) is 89.5 Å². The minimum absolute atomic E-state index is 0.114. The van der Waals surface area contributed by atoms with Crippen molar-refractivity contribution in [3.8, 4) is 22.9 Å². The average molecular weight is 473 g/mol. The Morgan fingerprint density at radius 1 is 1.03 bits per heavy atom. The molecule has 0 aliphatic heterocycles. The number of carbonyl (C=O) groups is 1. The summed E-state index contributed by atoms with van der Waals surface area (Å²) in [5, 5.41) is 9.69.